The molecule has 0 aliphatic carbocycles. The Bertz CT molecular complexity index is 1380. The van der Waals surface area contributed by atoms with Crippen LogP contribution in [0.1, 0.15) is 41.9 Å². The van der Waals surface area contributed by atoms with Crippen molar-refractivity contribution in [2.24, 2.45) is 5.73 Å². The highest BCUT2D eigenvalue weighted by Gasteiger charge is 2.40. The molecule has 4 aromatic rings. The van der Waals surface area contributed by atoms with Crippen LogP contribution in [0.2, 0.25) is 0 Å². The first-order chi connectivity index (χ1) is 19.4. The summed E-state index contributed by atoms with van der Waals surface area (Å²) in [4.78, 5) is 22.1. The molecule has 1 aliphatic rings. The van der Waals surface area contributed by atoms with Gasteiger partial charge in [-0.15, -0.1) is 0 Å². The zero-order valence-electron chi connectivity index (χ0n) is 23.4. The first kappa shape index (κ1) is 28.4. The topological polar surface area (TPSA) is 87.6 Å². The van der Waals surface area contributed by atoms with E-state index in [1.807, 2.05) is 17.7 Å². The van der Waals surface area contributed by atoms with Crippen LogP contribution in [0, 0.1) is 0 Å². The Hall–Kier alpha value is -3.17. The highest BCUT2D eigenvalue weighted by atomic mass is 32.2. The fourth-order valence-electron chi connectivity index (χ4n) is 5.83. The molecule has 1 aromatic heterocycles. The zero-order chi connectivity index (χ0) is 28.1. The van der Waals surface area contributed by atoms with Crippen LogP contribution >= 0.6 is 11.8 Å². The van der Waals surface area contributed by atoms with E-state index < -0.39 is 11.5 Å². The van der Waals surface area contributed by atoms with Gasteiger partial charge in [0.05, 0.1) is 17.1 Å². The average molecular weight is 558 g/mol. The van der Waals surface area contributed by atoms with Crippen molar-refractivity contribution in [3.05, 3.63) is 101 Å². The molecule has 0 radical (unpaired) electrons. The number of carbonyl (C=O) groups is 1. The first-order valence-corrected chi connectivity index (χ1v) is 15.4. The zero-order valence-corrected chi connectivity index (χ0v) is 24.2. The Morgan fingerprint density at radius 3 is 2.17 bits per heavy atom. The Kier molecular flexibility index (Phi) is 8.90. The number of aryl methyl sites for hydroxylation is 1. The van der Waals surface area contributed by atoms with E-state index in [1.54, 1.807) is 11.8 Å². The van der Waals surface area contributed by atoms with Crippen molar-refractivity contribution in [1.29, 1.82) is 0 Å². The summed E-state index contributed by atoms with van der Waals surface area (Å²) in [5.41, 5.74) is 10.5. The van der Waals surface area contributed by atoms with E-state index in [0.29, 0.717) is 24.5 Å². The largest absolute Gasteiger partial charge is 0.480 e. The molecule has 8 heteroatoms. The minimum absolute atomic E-state index is 0.245. The number of fused-ring (bicyclic) bond motifs is 1. The van der Waals surface area contributed by atoms with Crippen molar-refractivity contribution in [3.63, 3.8) is 0 Å². The number of carboxylic acid groups (broad SMARTS) is 1. The van der Waals surface area contributed by atoms with Crippen LogP contribution in [0.25, 0.3) is 11.0 Å². The Balaban J connectivity index is 1.32. The maximum atomic E-state index is 12.3. The lowest BCUT2D eigenvalue weighted by Crippen LogP contribution is -2.47. The predicted molar refractivity (Wildman–Crippen MR) is 163 cm³/mol. The number of aliphatic carboxylic acids is 1. The number of aromatic nitrogens is 2. The summed E-state index contributed by atoms with van der Waals surface area (Å²) in [5.74, 6) is 0.0571. The third-order valence-corrected chi connectivity index (χ3v) is 8.63. The monoisotopic (exact) mass is 557 g/mol. The van der Waals surface area contributed by atoms with Crippen molar-refractivity contribution < 1.29 is 9.90 Å². The van der Waals surface area contributed by atoms with E-state index in [0.717, 1.165) is 43.8 Å². The summed E-state index contributed by atoms with van der Waals surface area (Å²) in [6.07, 6.45) is 2.29. The SMILES string of the molecule is CCn1c(C(N)(CCSC)C(=O)O)nc2cc(CN3CCN(C(c4ccccc4)c4ccccc4)CC3)ccc21. The average Bonchev–Trinajstić information content (AvgIpc) is 3.36. The molecule has 7 nitrogen and oxygen atoms in total. The van der Waals surface area contributed by atoms with Crippen LogP contribution < -0.4 is 5.73 Å². The molecule has 3 aromatic carbocycles. The van der Waals surface area contributed by atoms with Gasteiger partial charge in [0.2, 0.25) is 0 Å². The molecule has 1 aliphatic heterocycles. The number of carboxylic acids is 1. The lowest BCUT2D eigenvalue weighted by Gasteiger charge is -2.39. The van der Waals surface area contributed by atoms with E-state index >= 15 is 0 Å². The summed E-state index contributed by atoms with van der Waals surface area (Å²) in [5, 5.41) is 10.0. The Labute approximate surface area is 241 Å². The molecule has 210 valence electrons. The fourth-order valence-corrected chi connectivity index (χ4v) is 6.36. The molecule has 0 amide bonds. The number of rotatable bonds is 11. The van der Waals surface area contributed by atoms with Gasteiger partial charge in [-0.25, -0.2) is 9.78 Å². The number of benzene rings is 3. The minimum atomic E-state index is -1.51. The maximum Gasteiger partial charge on any atom is 0.331 e. The second-order valence-electron chi connectivity index (χ2n) is 10.6. The van der Waals surface area contributed by atoms with Crippen LogP contribution in [-0.4, -0.2) is 68.6 Å². The summed E-state index contributed by atoms with van der Waals surface area (Å²) in [6, 6.07) is 28.1. The molecule has 0 spiro atoms. The molecule has 0 saturated carbocycles. The summed E-state index contributed by atoms with van der Waals surface area (Å²) < 4.78 is 1.96. The van der Waals surface area contributed by atoms with Crippen molar-refractivity contribution in [2.75, 3.05) is 38.2 Å². The van der Waals surface area contributed by atoms with Gasteiger partial charge in [0, 0.05) is 39.3 Å². The molecule has 40 heavy (non-hydrogen) atoms. The lowest BCUT2D eigenvalue weighted by atomic mass is 9.96. The van der Waals surface area contributed by atoms with Gasteiger partial charge in [-0.2, -0.15) is 11.8 Å². The number of hydrogen-bond donors (Lipinski definition) is 2. The van der Waals surface area contributed by atoms with Gasteiger partial charge in [0.1, 0.15) is 5.82 Å². The molecule has 1 unspecified atom stereocenters. The number of nitrogens with zero attached hydrogens (tertiary/aromatic N) is 4. The van der Waals surface area contributed by atoms with Gasteiger partial charge in [-0.1, -0.05) is 66.7 Å². The Morgan fingerprint density at radius 1 is 1.00 bits per heavy atom. The van der Waals surface area contributed by atoms with E-state index in [9.17, 15) is 9.90 Å². The van der Waals surface area contributed by atoms with Gasteiger partial charge in [-0.05, 0) is 54.2 Å². The number of imidazole rings is 1. The summed E-state index contributed by atoms with van der Waals surface area (Å²) >= 11 is 1.59. The van der Waals surface area contributed by atoms with Crippen LogP contribution in [-0.2, 0) is 23.4 Å². The standard InChI is InChI=1S/C32H39N5O2S/c1-3-37-28-15-14-24(22-27(28)34-30(37)32(33,31(38)39)16-21-40-2)23-35-17-19-36(20-18-35)29(25-10-6-4-7-11-25)26-12-8-5-9-13-26/h4-15,22,29H,3,16-21,23,33H2,1-2H3,(H,38,39). The van der Waals surface area contributed by atoms with Gasteiger partial charge >= 0.3 is 5.97 Å². The van der Waals surface area contributed by atoms with Crippen molar-refractivity contribution in [1.82, 2.24) is 19.4 Å². The quantitative estimate of drug-likeness (QED) is 0.270. The highest BCUT2D eigenvalue weighted by molar-refractivity contribution is 7.98. The number of hydrogen-bond acceptors (Lipinski definition) is 6. The highest BCUT2D eigenvalue weighted by Crippen LogP contribution is 2.31. The molecule has 5 rings (SSSR count). The second kappa shape index (κ2) is 12.6. The van der Waals surface area contributed by atoms with Gasteiger partial charge in [0.25, 0.3) is 0 Å². The molecule has 1 atom stereocenters. The van der Waals surface area contributed by atoms with Gasteiger partial charge < -0.3 is 15.4 Å². The number of piperazine rings is 1. The Morgan fingerprint density at radius 2 is 1.62 bits per heavy atom. The van der Waals surface area contributed by atoms with E-state index in [1.165, 1.54) is 16.7 Å². The number of nitrogens with two attached hydrogens (primary N) is 1. The molecule has 1 fully saturated rings. The van der Waals surface area contributed by atoms with E-state index in [-0.39, 0.29) is 6.04 Å². The van der Waals surface area contributed by atoms with Gasteiger partial charge in [-0.3, -0.25) is 9.80 Å². The maximum absolute atomic E-state index is 12.3. The first-order valence-electron chi connectivity index (χ1n) is 14.0. The normalized spacial score (nSPS) is 16.4. The van der Waals surface area contributed by atoms with E-state index in [4.69, 9.17) is 10.7 Å². The molecular weight excluding hydrogens is 518 g/mol. The van der Waals surface area contributed by atoms with Crippen LogP contribution in [0.5, 0.6) is 0 Å². The lowest BCUT2D eigenvalue weighted by molar-refractivity contribution is -0.144. The molecule has 0 bridgehead atoms. The van der Waals surface area contributed by atoms with Crippen LogP contribution in [0.4, 0.5) is 0 Å². The van der Waals surface area contributed by atoms with Crippen molar-refractivity contribution in [2.45, 2.75) is 38.0 Å². The fraction of sp³-hybridized carbons (Fsp3) is 0.375. The summed E-state index contributed by atoms with van der Waals surface area (Å²) in [6.45, 7) is 7.36. The van der Waals surface area contributed by atoms with E-state index in [2.05, 4.69) is 88.7 Å². The smallest absolute Gasteiger partial charge is 0.331 e. The van der Waals surface area contributed by atoms with Crippen molar-refractivity contribution >= 4 is 28.8 Å². The molecule has 1 saturated heterocycles. The molecule has 3 N–H and O–H groups in total. The summed E-state index contributed by atoms with van der Waals surface area (Å²) in [7, 11) is 0. The van der Waals surface area contributed by atoms with Crippen LogP contribution in [0.3, 0.4) is 0 Å². The molecular formula is C32H39N5O2S. The third kappa shape index (κ3) is 5.81. The molecule has 2 heterocycles. The van der Waals surface area contributed by atoms with Gasteiger partial charge in [0.15, 0.2) is 5.54 Å². The predicted octanol–water partition coefficient (Wildman–Crippen LogP) is 4.96. The second-order valence-corrected chi connectivity index (χ2v) is 11.5. The third-order valence-electron chi connectivity index (χ3n) is 8.02. The minimum Gasteiger partial charge on any atom is -0.480 e. The van der Waals surface area contributed by atoms with Crippen molar-refractivity contribution in [3.8, 4) is 0 Å². The van der Waals surface area contributed by atoms with Crippen LogP contribution in [0.15, 0.2) is 78.9 Å². The number of thioether (sulfide) groups is 1.